The molecule has 0 radical (unpaired) electrons. The Morgan fingerprint density at radius 3 is 1.69 bits per heavy atom. The van der Waals surface area contributed by atoms with E-state index in [0.29, 0.717) is 0 Å². The third-order valence-electron chi connectivity index (χ3n) is 15.5. The van der Waals surface area contributed by atoms with E-state index >= 15 is 0 Å². The van der Waals surface area contributed by atoms with E-state index in [-0.39, 0.29) is 0 Å². The van der Waals surface area contributed by atoms with Crippen LogP contribution in [0.25, 0.3) is 109 Å². The molecule has 16 rings (SSSR count). The highest BCUT2D eigenvalue weighted by Gasteiger charge is 2.51. The van der Waals surface area contributed by atoms with Crippen molar-refractivity contribution in [3.8, 4) is 44.5 Å². The highest BCUT2D eigenvalue weighted by molar-refractivity contribution is 7.26. The fourth-order valence-corrected chi connectivity index (χ4v) is 13.8. The van der Waals surface area contributed by atoms with Crippen LogP contribution in [0.4, 0.5) is 17.1 Å². The second-order valence-electron chi connectivity index (χ2n) is 19.0. The van der Waals surface area contributed by atoms with Crippen molar-refractivity contribution < 1.29 is 8.83 Å². The number of hydrogen-bond acceptors (Lipinski definition) is 4. The van der Waals surface area contributed by atoms with E-state index < -0.39 is 5.41 Å². The summed E-state index contributed by atoms with van der Waals surface area (Å²) in [5, 5.41) is 6.68. The van der Waals surface area contributed by atoms with Gasteiger partial charge in [-0.3, -0.25) is 0 Å². The Hall–Kier alpha value is -8.96. The average Bonchev–Trinajstić information content (AvgIpc) is 4.25. The minimum atomic E-state index is -0.497. The Bertz CT molecular complexity index is 4470. The number of rotatable bonds is 5. The smallest absolute Gasteiger partial charge is 0.159 e. The molecule has 71 heavy (non-hydrogen) atoms. The van der Waals surface area contributed by atoms with Gasteiger partial charge in [0.2, 0.25) is 0 Å². The van der Waals surface area contributed by atoms with Crippen LogP contribution in [0.3, 0.4) is 0 Å². The standard InChI is InChI=1S/C67H39NO2S/c1-2-16-40(17-3-1)41-32-34-42(35-33-41)68(43-36-37-47-46-20-6-11-28-56(46)67(57(47)38-43)54-26-9-4-18-44(54)45-19-5-10-27-55(45)67)58-29-15-23-49-53-39-60-62(51-22-7-12-30-59(51)69-60)63(65(53)70-64(49)58)52-25-14-24-50-48-21-8-13-31-61(48)71-66(50)52/h1-39H. The maximum absolute atomic E-state index is 7.59. The quantitative estimate of drug-likeness (QED) is 0.172. The molecule has 2 aliphatic carbocycles. The van der Waals surface area contributed by atoms with Crippen molar-refractivity contribution in [2.24, 2.45) is 0 Å². The van der Waals surface area contributed by atoms with E-state index in [1.165, 1.54) is 70.2 Å². The Kier molecular flexibility index (Phi) is 7.97. The van der Waals surface area contributed by atoms with Gasteiger partial charge in [-0.2, -0.15) is 0 Å². The summed E-state index contributed by atoms with van der Waals surface area (Å²) in [7, 11) is 0. The lowest BCUT2D eigenvalue weighted by Crippen LogP contribution is -2.26. The van der Waals surface area contributed by atoms with Gasteiger partial charge < -0.3 is 13.7 Å². The molecular weight excluding hydrogens is 883 g/mol. The van der Waals surface area contributed by atoms with Gasteiger partial charge in [-0.1, -0.05) is 188 Å². The van der Waals surface area contributed by atoms with Gasteiger partial charge in [-0.25, -0.2) is 0 Å². The molecule has 330 valence electrons. The fourth-order valence-electron chi connectivity index (χ4n) is 12.6. The van der Waals surface area contributed by atoms with E-state index in [4.69, 9.17) is 8.83 Å². The molecule has 0 atom stereocenters. The van der Waals surface area contributed by atoms with Crippen LogP contribution in [-0.4, -0.2) is 0 Å². The molecule has 4 heteroatoms. The van der Waals surface area contributed by atoms with Gasteiger partial charge in [-0.05, 0) is 104 Å². The second-order valence-corrected chi connectivity index (χ2v) is 20.1. The van der Waals surface area contributed by atoms with Gasteiger partial charge in [0, 0.05) is 64.2 Å². The number of fused-ring (bicyclic) bond motifs is 19. The highest BCUT2D eigenvalue weighted by atomic mass is 32.1. The van der Waals surface area contributed by atoms with E-state index in [1.54, 1.807) is 0 Å². The first kappa shape index (κ1) is 38.9. The van der Waals surface area contributed by atoms with Crippen molar-refractivity contribution in [3.63, 3.8) is 0 Å². The van der Waals surface area contributed by atoms with Crippen LogP contribution in [0.5, 0.6) is 0 Å². The van der Waals surface area contributed by atoms with Crippen molar-refractivity contribution in [2.45, 2.75) is 5.41 Å². The monoisotopic (exact) mass is 921 g/mol. The minimum absolute atomic E-state index is 0.497. The zero-order chi connectivity index (χ0) is 46.4. The summed E-state index contributed by atoms with van der Waals surface area (Å²) in [5.41, 5.74) is 20.8. The molecule has 3 aromatic heterocycles. The zero-order valence-corrected chi connectivity index (χ0v) is 39.0. The van der Waals surface area contributed by atoms with Gasteiger partial charge >= 0.3 is 0 Å². The summed E-state index contributed by atoms with van der Waals surface area (Å²) in [6.45, 7) is 0. The molecule has 0 unspecified atom stereocenters. The summed E-state index contributed by atoms with van der Waals surface area (Å²) in [6.07, 6.45) is 0. The summed E-state index contributed by atoms with van der Waals surface area (Å²) in [6, 6.07) is 86.5. The zero-order valence-electron chi connectivity index (χ0n) is 38.2. The predicted octanol–water partition coefficient (Wildman–Crippen LogP) is 19.0. The average molecular weight is 922 g/mol. The lowest BCUT2D eigenvalue weighted by molar-refractivity contribution is 0.665. The molecule has 0 amide bonds. The summed E-state index contributed by atoms with van der Waals surface area (Å²) in [4.78, 5) is 2.41. The predicted molar refractivity (Wildman–Crippen MR) is 296 cm³/mol. The number of benzene rings is 11. The molecule has 0 fully saturated rings. The Morgan fingerprint density at radius 2 is 0.930 bits per heavy atom. The largest absolute Gasteiger partial charge is 0.456 e. The molecular formula is C67H39NO2S. The Morgan fingerprint density at radius 1 is 0.352 bits per heavy atom. The first-order valence-electron chi connectivity index (χ1n) is 24.3. The molecule has 0 saturated heterocycles. The van der Waals surface area contributed by atoms with E-state index in [9.17, 15) is 0 Å². The van der Waals surface area contributed by atoms with Gasteiger partial charge in [0.15, 0.2) is 5.58 Å². The summed E-state index contributed by atoms with van der Waals surface area (Å²) < 4.78 is 16.9. The molecule has 11 aromatic carbocycles. The molecule has 0 aliphatic heterocycles. The first-order valence-corrected chi connectivity index (χ1v) is 25.1. The van der Waals surface area contributed by atoms with E-state index in [0.717, 1.165) is 77.6 Å². The normalized spacial score (nSPS) is 13.2. The Labute approximate surface area is 412 Å². The third-order valence-corrected chi connectivity index (χ3v) is 16.7. The molecule has 3 heterocycles. The number of nitrogens with zero attached hydrogens (tertiary/aromatic N) is 1. The highest BCUT2D eigenvalue weighted by Crippen LogP contribution is 2.63. The number of para-hydroxylation sites is 2. The molecule has 2 aliphatic rings. The van der Waals surface area contributed by atoms with Crippen molar-refractivity contribution in [1.29, 1.82) is 0 Å². The molecule has 1 spiro atoms. The van der Waals surface area contributed by atoms with Crippen molar-refractivity contribution >= 4 is 92.4 Å². The summed E-state index contributed by atoms with van der Waals surface area (Å²) >= 11 is 1.84. The number of furan rings is 2. The first-order chi connectivity index (χ1) is 35.2. The fraction of sp³-hybridized carbons (Fsp3) is 0.0149. The van der Waals surface area contributed by atoms with E-state index in [1.807, 2.05) is 17.4 Å². The lowest BCUT2D eigenvalue weighted by Gasteiger charge is -2.32. The maximum atomic E-state index is 7.59. The van der Waals surface area contributed by atoms with Crippen molar-refractivity contribution in [3.05, 3.63) is 259 Å². The van der Waals surface area contributed by atoms with Gasteiger partial charge in [0.05, 0.1) is 11.1 Å². The van der Waals surface area contributed by atoms with Crippen molar-refractivity contribution in [1.82, 2.24) is 0 Å². The van der Waals surface area contributed by atoms with Gasteiger partial charge in [-0.15, -0.1) is 11.3 Å². The minimum Gasteiger partial charge on any atom is -0.456 e. The van der Waals surface area contributed by atoms with Crippen LogP contribution < -0.4 is 4.90 Å². The SMILES string of the molecule is c1ccc(-c2ccc(N(c3ccc4c(c3)C3(c5ccccc5-c5ccccc53)c3ccccc3-4)c3cccc4c3oc3c(-c5cccc6c5sc5ccccc56)c5c(cc34)oc3ccccc35)cc2)cc1. The molecule has 0 bridgehead atoms. The second kappa shape index (κ2) is 14.5. The van der Waals surface area contributed by atoms with E-state index in [2.05, 4.69) is 235 Å². The van der Waals surface area contributed by atoms with Crippen LogP contribution in [0.2, 0.25) is 0 Å². The topological polar surface area (TPSA) is 29.5 Å². The number of thiophene rings is 1. The number of hydrogen-bond donors (Lipinski definition) is 0. The van der Waals surface area contributed by atoms with Gasteiger partial charge in [0.1, 0.15) is 16.7 Å². The van der Waals surface area contributed by atoms with Crippen LogP contribution in [0.15, 0.2) is 245 Å². The van der Waals surface area contributed by atoms with Crippen LogP contribution in [0.1, 0.15) is 22.3 Å². The van der Waals surface area contributed by atoms with Crippen LogP contribution >= 0.6 is 11.3 Å². The lowest BCUT2D eigenvalue weighted by atomic mass is 9.70. The third kappa shape index (κ3) is 5.26. The van der Waals surface area contributed by atoms with Crippen LogP contribution in [0, 0.1) is 0 Å². The maximum Gasteiger partial charge on any atom is 0.159 e. The van der Waals surface area contributed by atoms with Crippen LogP contribution in [-0.2, 0) is 5.41 Å². The molecule has 0 saturated carbocycles. The molecule has 3 nitrogen and oxygen atoms in total. The summed E-state index contributed by atoms with van der Waals surface area (Å²) in [5.74, 6) is 0. The number of anilines is 3. The molecule has 14 aromatic rings. The van der Waals surface area contributed by atoms with Crippen molar-refractivity contribution in [2.75, 3.05) is 4.90 Å². The van der Waals surface area contributed by atoms with Gasteiger partial charge in [0.25, 0.3) is 0 Å². The molecule has 0 N–H and O–H groups in total. The Balaban J connectivity index is 0.985.